The minimum Gasteiger partial charge on any atom is -0.438 e. The van der Waals surface area contributed by atoms with E-state index in [-0.39, 0.29) is 0 Å². The van der Waals surface area contributed by atoms with Gasteiger partial charge in [-0.05, 0) is 50.1 Å². The lowest BCUT2D eigenvalue weighted by Crippen LogP contribution is -2.34. The van der Waals surface area contributed by atoms with Crippen LogP contribution in [0.15, 0.2) is 30.3 Å². The predicted molar refractivity (Wildman–Crippen MR) is 88.3 cm³/mol. The van der Waals surface area contributed by atoms with Crippen molar-refractivity contribution in [3.05, 3.63) is 41.6 Å². The van der Waals surface area contributed by atoms with Gasteiger partial charge in [0.05, 0.1) is 12.4 Å². The maximum Gasteiger partial charge on any atom is 0.412 e. The number of hydrogen-bond acceptors (Lipinski definition) is 3. The van der Waals surface area contributed by atoms with Crippen molar-refractivity contribution in [1.82, 2.24) is 4.57 Å². The van der Waals surface area contributed by atoms with Gasteiger partial charge >= 0.3 is 6.09 Å². The zero-order valence-corrected chi connectivity index (χ0v) is 13.6. The molecule has 0 spiro atoms. The second-order valence-electron chi connectivity index (χ2n) is 6.19. The molecular formula is C18H18FN3O2. The summed E-state index contributed by atoms with van der Waals surface area (Å²) in [4.78, 5) is 11.6. The number of nitriles is 1. The second kappa shape index (κ2) is 6.00. The van der Waals surface area contributed by atoms with Crippen LogP contribution < -0.4 is 5.32 Å². The number of nitrogens with one attached hydrogen (secondary N) is 1. The highest BCUT2D eigenvalue weighted by atomic mass is 19.1. The van der Waals surface area contributed by atoms with Crippen molar-refractivity contribution in [3.63, 3.8) is 0 Å². The number of aromatic nitrogens is 1. The Morgan fingerprint density at radius 1 is 1.33 bits per heavy atom. The Kier molecular flexibility index (Phi) is 4.02. The lowest BCUT2D eigenvalue weighted by Gasteiger charge is -2.32. The number of hydrogen-bond donors (Lipinski definition) is 1. The fourth-order valence-corrected chi connectivity index (χ4v) is 3.01. The van der Waals surface area contributed by atoms with E-state index < -0.39 is 18.4 Å². The molecule has 0 unspecified atom stereocenters. The van der Waals surface area contributed by atoms with Crippen LogP contribution in [0.1, 0.15) is 31.5 Å². The molecule has 1 aliphatic rings. The van der Waals surface area contributed by atoms with Crippen LogP contribution in [0.5, 0.6) is 0 Å². The lowest BCUT2D eigenvalue weighted by atomic mass is 9.92. The molecule has 1 aromatic heterocycles. The average molecular weight is 327 g/mol. The molecule has 0 bridgehead atoms. The Bertz CT molecular complexity index is 833. The fraction of sp³-hybridized carbons (Fsp3) is 0.333. The standard InChI is InChI=1S/C18H18FN3O2/c1-18(2)14-10-12(4-6-15(14)21-17(23)24-18)16-7-5-13(11-20)22(16)9-3-8-19/h4-7,10H,3,8-9H2,1-2H3,(H,21,23). The summed E-state index contributed by atoms with van der Waals surface area (Å²) in [6, 6.07) is 11.4. The summed E-state index contributed by atoms with van der Waals surface area (Å²) in [6.45, 7) is 3.67. The number of anilines is 1. The van der Waals surface area contributed by atoms with E-state index in [9.17, 15) is 14.4 Å². The number of nitrogens with zero attached hydrogens (tertiary/aromatic N) is 2. The van der Waals surface area contributed by atoms with Gasteiger partial charge in [-0.2, -0.15) is 5.26 Å². The molecular weight excluding hydrogens is 309 g/mol. The minimum absolute atomic E-state index is 0.353. The normalized spacial score (nSPS) is 15.2. The quantitative estimate of drug-likeness (QED) is 0.916. The van der Waals surface area contributed by atoms with Crippen LogP contribution in [0.2, 0.25) is 0 Å². The highest BCUT2D eigenvalue weighted by Crippen LogP contribution is 2.38. The summed E-state index contributed by atoms with van der Waals surface area (Å²) >= 11 is 0. The Morgan fingerprint density at radius 3 is 2.83 bits per heavy atom. The van der Waals surface area contributed by atoms with Crippen LogP contribution in [0.3, 0.4) is 0 Å². The van der Waals surface area contributed by atoms with Crippen LogP contribution in [0.25, 0.3) is 11.3 Å². The van der Waals surface area contributed by atoms with Crippen molar-refractivity contribution in [2.24, 2.45) is 0 Å². The Balaban J connectivity index is 2.08. The highest BCUT2D eigenvalue weighted by Gasteiger charge is 2.33. The maximum absolute atomic E-state index is 12.6. The Hall–Kier alpha value is -2.81. The van der Waals surface area contributed by atoms with Gasteiger partial charge in [0.2, 0.25) is 0 Å². The topological polar surface area (TPSA) is 67.0 Å². The lowest BCUT2D eigenvalue weighted by molar-refractivity contribution is 0.0421. The number of benzene rings is 1. The minimum atomic E-state index is -0.748. The van der Waals surface area contributed by atoms with Crippen LogP contribution in [-0.4, -0.2) is 17.3 Å². The number of cyclic esters (lactones) is 1. The van der Waals surface area contributed by atoms with E-state index in [0.29, 0.717) is 24.3 Å². The van der Waals surface area contributed by atoms with Gasteiger partial charge in [0.25, 0.3) is 0 Å². The summed E-state index contributed by atoms with van der Waals surface area (Å²) in [5.74, 6) is 0. The molecule has 0 radical (unpaired) electrons. The van der Waals surface area contributed by atoms with Gasteiger partial charge in [-0.1, -0.05) is 6.07 Å². The summed E-state index contributed by atoms with van der Waals surface area (Å²) in [5.41, 5.74) is 3.05. The molecule has 1 aromatic carbocycles. The van der Waals surface area contributed by atoms with Gasteiger partial charge in [0, 0.05) is 17.8 Å². The zero-order chi connectivity index (χ0) is 17.3. The number of carbonyl (C=O) groups is 1. The summed E-state index contributed by atoms with van der Waals surface area (Å²) < 4.78 is 19.7. The molecule has 124 valence electrons. The van der Waals surface area contributed by atoms with E-state index in [4.69, 9.17) is 4.74 Å². The smallest absolute Gasteiger partial charge is 0.412 e. The molecule has 0 atom stereocenters. The molecule has 3 rings (SSSR count). The third kappa shape index (κ3) is 2.73. The van der Waals surface area contributed by atoms with E-state index >= 15 is 0 Å². The fourth-order valence-electron chi connectivity index (χ4n) is 3.01. The molecule has 0 saturated carbocycles. The first kappa shape index (κ1) is 16.1. The van der Waals surface area contributed by atoms with Crippen molar-refractivity contribution in [3.8, 4) is 17.3 Å². The molecule has 2 heterocycles. The van der Waals surface area contributed by atoms with Crippen molar-refractivity contribution in [2.75, 3.05) is 12.0 Å². The van der Waals surface area contributed by atoms with Crippen LogP contribution >= 0.6 is 0 Å². The molecule has 1 amide bonds. The summed E-state index contributed by atoms with van der Waals surface area (Å²) in [5, 5.41) is 11.9. The van der Waals surface area contributed by atoms with Gasteiger partial charge < -0.3 is 9.30 Å². The molecule has 2 aromatic rings. The van der Waals surface area contributed by atoms with Gasteiger partial charge in [-0.25, -0.2) is 4.79 Å². The van der Waals surface area contributed by atoms with Gasteiger partial charge in [0.1, 0.15) is 17.4 Å². The Morgan fingerprint density at radius 2 is 2.12 bits per heavy atom. The molecule has 6 heteroatoms. The molecule has 24 heavy (non-hydrogen) atoms. The number of amides is 1. The Labute approximate surface area is 139 Å². The maximum atomic E-state index is 12.6. The second-order valence-corrected chi connectivity index (χ2v) is 6.19. The zero-order valence-electron chi connectivity index (χ0n) is 13.6. The van der Waals surface area contributed by atoms with Crippen molar-refractivity contribution >= 4 is 11.8 Å². The molecule has 5 nitrogen and oxygen atoms in total. The first-order chi connectivity index (χ1) is 11.5. The van der Waals surface area contributed by atoms with Crippen molar-refractivity contribution in [2.45, 2.75) is 32.4 Å². The molecule has 1 N–H and O–H groups in total. The molecule has 0 aliphatic carbocycles. The molecule has 0 saturated heterocycles. The summed E-state index contributed by atoms with van der Waals surface area (Å²) in [6.07, 6.45) is -0.121. The number of halogens is 1. The van der Waals surface area contributed by atoms with Crippen LogP contribution in [0.4, 0.5) is 14.9 Å². The first-order valence-electron chi connectivity index (χ1n) is 7.77. The average Bonchev–Trinajstić information content (AvgIpc) is 2.94. The van der Waals surface area contributed by atoms with Crippen molar-refractivity contribution in [1.29, 1.82) is 5.26 Å². The number of carbonyl (C=O) groups excluding carboxylic acids is 1. The van der Waals surface area contributed by atoms with Gasteiger partial charge in [-0.15, -0.1) is 0 Å². The number of rotatable bonds is 4. The third-order valence-corrected chi connectivity index (χ3v) is 4.16. The first-order valence-corrected chi connectivity index (χ1v) is 7.77. The van der Waals surface area contributed by atoms with Crippen LogP contribution in [0, 0.1) is 11.3 Å². The van der Waals surface area contributed by atoms with E-state index in [1.54, 1.807) is 6.07 Å². The monoisotopic (exact) mass is 327 g/mol. The SMILES string of the molecule is CC1(C)OC(=O)Nc2ccc(-c3ccc(C#N)n3CCCF)cc21. The number of ether oxygens (including phenoxy) is 1. The largest absolute Gasteiger partial charge is 0.438 e. The van der Waals surface area contributed by atoms with Crippen LogP contribution in [-0.2, 0) is 16.9 Å². The predicted octanol–water partition coefficient (Wildman–Crippen LogP) is 4.18. The van der Waals surface area contributed by atoms with E-state index in [0.717, 1.165) is 16.8 Å². The summed E-state index contributed by atoms with van der Waals surface area (Å²) in [7, 11) is 0. The number of fused-ring (bicyclic) bond motifs is 1. The third-order valence-electron chi connectivity index (χ3n) is 4.16. The van der Waals surface area contributed by atoms with Gasteiger partial charge in [-0.3, -0.25) is 9.71 Å². The van der Waals surface area contributed by atoms with E-state index in [1.165, 1.54) is 0 Å². The molecule has 0 fully saturated rings. The highest BCUT2D eigenvalue weighted by molar-refractivity contribution is 5.89. The number of alkyl halides is 1. The van der Waals surface area contributed by atoms with E-state index in [2.05, 4.69) is 11.4 Å². The van der Waals surface area contributed by atoms with Gasteiger partial charge in [0.15, 0.2) is 0 Å². The molecule has 1 aliphatic heterocycles. The van der Waals surface area contributed by atoms with E-state index in [1.807, 2.05) is 42.7 Å². The van der Waals surface area contributed by atoms with Crippen molar-refractivity contribution < 1.29 is 13.9 Å².